The molecule has 2 aromatic carbocycles. The van der Waals surface area contributed by atoms with Crippen molar-refractivity contribution in [2.24, 2.45) is 0 Å². The molecule has 0 unspecified atom stereocenters. The van der Waals surface area contributed by atoms with E-state index in [4.69, 9.17) is 0 Å². The number of carbonyl (C=O) groups excluding carboxylic acids is 1. The Bertz CT molecular complexity index is 1030. The fourth-order valence-electron chi connectivity index (χ4n) is 5.37. The van der Waals surface area contributed by atoms with Crippen molar-refractivity contribution in [2.45, 2.75) is 36.8 Å². The maximum absolute atomic E-state index is 13.0. The molecule has 2 amide bonds. The van der Waals surface area contributed by atoms with Crippen LogP contribution in [0.4, 0.5) is 10.5 Å². The number of anilines is 1. The summed E-state index contributed by atoms with van der Waals surface area (Å²) < 4.78 is 0. The van der Waals surface area contributed by atoms with E-state index < -0.39 is 0 Å². The number of hydrogen-bond donors (Lipinski definition) is 2. The van der Waals surface area contributed by atoms with Crippen LogP contribution in [-0.2, 0) is 5.54 Å². The highest BCUT2D eigenvalue weighted by molar-refractivity contribution is 6.04. The van der Waals surface area contributed by atoms with Gasteiger partial charge in [0.2, 0.25) is 0 Å². The zero-order valence-electron chi connectivity index (χ0n) is 17.1. The first kappa shape index (κ1) is 18.3. The van der Waals surface area contributed by atoms with Gasteiger partial charge in [-0.15, -0.1) is 0 Å². The van der Waals surface area contributed by atoms with Crippen LogP contribution in [0.5, 0.6) is 0 Å². The number of nitrogens with zero attached hydrogens (tertiary/aromatic N) is 2. The standard InChI is InChI=1S/C24H28N4O/c1-27(2)24(18-7-4-3-5-8-18)14-12-23(13-15-24)17-28(22(29)26-23)21-10-6-9-20-19(21)11-16-25-20/h3-11,16,25H,12-15,17H2,1-2H3,(H,26,29). The van der Waals surface area contributed by atoms with Gasteiger partial charge < -0.3 is 10.3 Å². The topological polar surface area (TPSA) is 51.4 Å². The number of rotatable bonds is 3. The second-order valence-corrected chi connectivity index (χ2v) is 8.80. The number of carbonyl (C=O) groups is 1. The molecule has 0 atom stereocenters. The molecule has 2 heterocycles. The summed E-state index contributed by atoms with van der Waals surface area (Å²) in [6, 6.07) is 19.0. The lowest BCUT2D eigenvalue weighted by Gasteiger charge is -2.48. The van der Waals surface area contributed by atoms with Crippen LogP contribution in [-0.4, -0.2) is 42.1 Å². The zero-order valence-corrected chi connectivity index (χ0v) is 17.1. The summed E-state index contributed by atoms with van der Waals surface area (Å²) in [7, 11) is 4.36. The number of amides is 2. The Morgan fingerprint density at radius 2 is 1.69 bits per heavy atom. The number of hydrogen-bond acceptors (Lipinski definition) is 2. The normalized spacial score (nSPS) is 27.1. The first-order valence-electron chi connectivity index (χ1n) is 10.4. The zero-order chi connectivity index (χ0) is 20.1. The monoisotopic (exact) mass is 388 g/mol. The van der Waals surface area contributed by atoms with E-state index in [0.29, 0.717) is 0 Å². The van der Waals surface area contributed by atoms with Gasteiger partial charge in [-0.3, -0.25) is 9.80 Å². The van der Waals surface area contributed by atoms with Gasteiger partial charge >= 0.3 is 6.03 Å². The molecular weight excluding hydrogens is 360 g/mol. The van der Waals surface area contributed by atoms with Crippen molar-refractivity contribution in [3.8, 4) is 0 Å². The quantitative estimate of drug-likeness (QED) is 0.696. The van der Waals surface area contributed by atoms with E-state index in [9.17, 15) is 4.79 Å². The summed E-state index contributed by atoms with van der Waals surface area (Å²) in [5.41, 5.74) is 3.31. The number of fused-ring (bicyclic) bond motifs is 1. The lowest BCUT2D eigenvalue weighted by atomic mass is 9.69. The van der Waals surface area contributed by atoms with Crippen LogP contribution in [0.1, 0.15) is 31.2 Å². The molecule has 3 aromatic rings. The van der Waals surface area contributed by atoms with Crippen molar-refractivity contribution in [2.75, 3.05) is 25.5 Å². The van der Waals surface area contributed by atoms with Gasteiger partial charge in [-0.1, -0.05) is 36.4 Å². The molecule has 1 saturated carbocycles. The Morgan fingerprint density at radius 3 is 2.41 bits per heavy atom. The van der Waals surface area contributed by atoms with Gasteiger partial charge in [0, 0.05) is 22.6 Å². The molecule has 5 nitrogen and oxygen atoms in total. The maximum atomic E-state index is 13.0. The number of aromatic amines is 1. The highest BCUT2D eigenvalue weighted by atomic mass is 16.2. The minimum absolute atomic E-state index is 0.0239. The Morgan fingerprint density at radius 1 is 0.931 bits per heavy atom. The smallest absolute Gasteiger partial charge is 0.322 e. The summed E-state index contributed by atoms with van der Waals surface area (Å²) in [5.74, 6) is 0. The Kier molecular flexibility index (Phi) is 4.17. The van der Waals surface area contributed by atoms with Gasteiger partial charge in [-0.25, -0.2) is 4.79 Å². The average molecular weight is 389 g/mol. The minimum Gasteiger partial charge on any atom is -0.361 e. The largest absolute Gasteiger partial charge is 0.361 e. The van der Waals surface area contributed by atoms with Crippen LogP contribution in [0.3, 0.4) is 0 Å². The van der Waals surface area contributed by atoms with E-state index in [1.165, 1.54) is 5.56 Å². The van der Waals surface area contributed by atoms with Crippen molar-refractivity contribution >= 4 is 22.6 Å². The summed E-state index contributed by atoms with van der Waals surface area (Å²) in [5, 5.41) is 4.46. The summed E-state index contributed by atoms with van der Waals surface area (Å²) in [6.07, 6.45) is 5.96. The molecule has 5 heteroatoms. The fraction of sp³-hybridized carbons (Fsp3) is 0.375. The Balaban J connectivity index is 1.41. The third-order valence-corrected chi connectivity index (χ3v) is 7.14. The van der Waals surface area contributed by atoms with Crippen molar-refractivity contribution < 1.29 is 4.79 Å². The Hall–Kier alpha value is -2.79. The van der Waals surface area contributed by atoms with Crippen molar-refractivity contribution in [3.63, 3.8) is 0 Å². The minimum atomic E-state index is -0.149. The molecule has 1 saturated heterocycles. The predicted molar refractivity (Wildman–Crippen MR) is 117 cm³/mol. The second-order valence-electron chi connectivity index (χ2n) is 8.80. The van der Waals surface area contributed by atoms with E-state index in [0.717, 1.165) is 48.8 Å². The molecule has 2 N–H and O–H groups in total. The van der Waals surface area contributed by atoms with Crippen LogP contribution in [0, 0.1) is 0 Å². The molecule has 1 spiro atoms. The molecule has 0 radical (unpaired) electrons. The highest BCUT2D eigenvalue weighted by Crippen LogP contribution is 2.46. The SMILES string of the molecule is CN(C)C1(c2ccccc2)CCC2(CC1)CN(c1cccc3[nH]ccc13)C(=O)N2. The average Bonchev–Trinajstić information content (AvgIpc) is 3.34. The molecule has 5 rings (SSSR count). The van der Waals surface area contributed by atoms with E-state index >= 15 is 0 Å². The number of H-pyrrole nitrogens is 1. The summed E-state index contributed by atoms with van der Waals surface area (Å²) in [4.78, 5) is 20.5. The predicted octanol–water partition coefficient (Wildman–Crippen LogP) is 4.47. The number of benzene rings is 2. The fourth-order valence-corrected chi connectivity index (χ4v) is 5.37. The maximum Gasteiger partial charge on any atom is 0.322 e. The second kappa shape index (κ2) is 6.63. The lowest BCUT2D eigenvalue weighted by molar-refractivity contribution is 0.0658. The van der Waals surface area contributed by atoms with Crippen molar-refractivity contribution in [3.05, 3.63) is 66.4 Å². The molecule has 2 aliphatic rings. The van der Waals surface area contributed by atoms with E-state index in [1.807, 2.05) is 23.2 Å². The molecule has 0 bridgehead atoms. The van der Waals surface area contributed by atoms with Gasteiger partial charge in [0.15, 0.2) is 0 Å². The molecular formula is C24H28N4O. The molecule has 150 valence electrons. The molecule has 1 aromatic heterocycles. The van der Waals surface area contributed by atoms with Crippen LogP contribution in [0.15, 0.2) is 60.8 Å². The van der Waals surface area contributed by atoms with Crippen molar-refractivity contribution in [1.82, 2.24) is 15.2 Å². The highest BCUT2D eigenvalue weighted by Gasteiger charge is 2.50. The van der Waals surface area contributed by atoms with Gasteiger partial charge in [0.1, 0.15) is 0 Å². The third kappa shape index (κ3) is 2.84. The Labute approximate surface area is 171 Å². The molecule has 29 heavy (non-hydrogen) atoms. The first-order chi connectivity index (χ1) is 14.0. The van der Waals surface area contributed by atoms with Crippen molar-refractivity contribution in [1.29, 1.82) is 0 Å². The van der Waals surface area contributed by atoms with Crippen LogP contribution < -0.4 is 10.2 Å². The lowest BCUT2D eigenvalue weighted by Crippen LogP contribution is -2.54. The van der Waals surface area contributed by atoms with E-state index in [1.54, 1.807) is 0 Å². The van der Waals surface area contributed by atoms with E-state index in [2.05, 4.69) is 71.8 Å². The molecule has 1 aliphatic carbocycles. The summed E-state index contributed by atoms with van der Waals surface area (Å²) in [6.45, 7) is 0.731. The van der Waals surface area contributed by atoms with Gasteiger partial charge in [0.25, 0.3) is 0 Å². The van der Waals surface area contributed by atoms with Crippen LogP contribution >= 0.6 is 0 Å². The first-order valence-corrected chi connectivity index (χ1v) is 10.4. The van der Waals surface area contributed by atoms with Gasteiger partial charge in [0.05, 0.1) is 17.8 Å². The summed E-state index contributed by atoms with van der Waals surface area (Å²) >= 11 is 0. The van der Waals surface area contributed by atoms with E-state index in [-0.39, 0.29) is 17.1 Å². The van der Waals surface area contributed by atoms with Gasteiger partial charge in [-0.2, -0.15) is 0 Å². The van der Waals surface area contributed by atoms with Gasteiger partial charge in [-0.05, 0) is 63.5 Å². The van der Waals surface area contributed by atoms with Crippen LogP contribution in [0.25, 0.3) is 10.9 Å². The van der Waals surface area contributed by atoms with Crippen LogP contribution in [0.2, 0.25) is 0 Å². The number of nitrogens with one attached hydrogen (secondary N) is 2. The third-order valence-electron chi connectivity index (χ3n) is 7.14. The number of urea groups is 1. The molecule has 1 aliphatic heterocycles. The number of aromatic nitrogens is 1. The molecule has 2 fully saturated rings.